The van der Waals surface area contributed by atoms with E-state index in [1.54, 1.807) is 19.4 Å². The number of halogens is 1. The zero-order valence-corrected chi connectivity index (χ0v) is 12.1. The fourth-order valence-corrected chi connectivity index (χ4v) is 2.08. The normalized spacial score (nSPS) is 11.9. The van der Waals surface area contributed by atoms with Crippen molar-refractivity contribution < 1.29 is 14.3 Å². The Labute approximate surface area is 115 Å². The quantitative estimate of drug-likeness (QED) is 0.777. The third kappa shape index (κ3) is 4.27. The van der Waals surface area contributed by atoms with Gasteiger partial charge in [-0.1, -0.05) is 15.9 Å². The fourth-order valence-electron chi connectivity index (χ4n) is 1.52. The van der Waals surface area contributed by atoms with E-state index in [0.717, 1.165) is 11.8 Å². The number of methoxy groups -OCH3 is 2. The summed E-state index contributed by atoms with van der Waals surface area (Å²) in [6.45, 7) is 0.477. The summed E-state index contributed by atoms with van der Waals surface area (Å²) in [5.74, 6) is 0.280. The molecule has 0 aliphatic carbocycles. The largest absolute Gasteiger partial charge is 0.494 e. The molecule has 0 aromatic carbocycles. The molecular formula is C12H17BrN2O3. The highest BCUT2D eigenvalue weighted by atomic mass is 79.9. The zero-order valence-electron chi connectivity index (χ0n) is 10.5. The van der Waals surface area contributed by atoms with E-state index in [-0.39, 0.29) is 11.9 Å². The van der Waals surface area contributed by atoms with E-state index in [9.17, 15) is 4.79 Å². The Hall–Kier alpha value is -1.14. The average molecular weight is 317 g/mol. The number of hydrogen-bond donors (Lipinski definition) is 1. The molecule has 1 aromatic rings. The van der Waals surface area contributed by atoms with Gasteiger partial charge in [0, 0.05) is 18.6 Å². The van der Waals surface area contributed by atoms with Gasteiger partial charge in [0.2, 0.25) is 0 Å². The molecule has 1 unspecified atom stereocenters. The summed E-state index contributed by atoms with van der Waals surface area (Å²) in [6, 6.07) is 1.60. The molecule has 1 atom stereocenters. The van der Waals surface area contributed by atoms with Crippen LogP contribution in [0.1, 0.15) is 16.8 Å². The number of amides is 1. The van der Waals surface area contributed by atoms with Crippen molar-refractivity contribution in [1.82, 2.24) is 10.3 Å². The molecule has 6 heteroatoms. The van der Waals surface area contributed by atoms with E-state index in [1.807, 2.05) is 0 Å². The van der Waals surface area contributed by atoms with Crippen LogP contribution in [0.4, 0.5) is 0 Å². The Kier molecular flexibility index (Phi) is 6.67. The van der Waals surface area contributed by atoms with Gasteiger partial charge in [0.05, 0.1) is 31.5 Å². The van der Waals surface area contributed by atoms with Gasteiger partial charge in [-0.05, 0) is 12.5 Å². The summed E-state index contributed by atoms with van der Waals surface area (Å²) in [7, 11) is 3.12. The highest BCUT2D eigenvalue weighted by Crippen LogP contribution is 2.15. The van der Waals surface area contributed by atoms with Gasteiger partial charge in [-0.3, -0.25) is 9.78 Å². The summed E-state index contributed by atoms with van der Waals surface area (Å²) in [4.78, 5) is 16.0. The van der Waals surface area contributed by atoms with E-state index in [0.29, 0.717) is 17.9 Å². The minimum Gasteiger partial charge on any atom is -0.494 e. The van der Waals surface area contributed by atoms with Crippen molar-refractivity contribution in [3.05, 3.63) is 24.0 Å². The van der Waals surface area contributed by atoms with Gasteiger partial charge < -0.3 is 14.8 Å². The van der Waals surface area contributed by atoms with Crippen molar-refractivity contribution >= 4 is 21.8 Å². The molecule has 1 rings (SSSR count). The molecule has 0 saturated carbocycles. The minimum absolute atomic E-state index is 0.0280. The molecule has 1 aromatic heterocycles. The second-order valence-corrected chi connectivity index (χ2v) is 4.47. The summed E-state index contributed by atoms with van der Waals surface area (Å²) in [5, 5.41) is 3.71. The number of rotatable bonds is 7. The average Bonchev–Trinajstić information content (AvgIpc) is 2.39. The van der Waals surface area contributed by atoms with Gasteiger partial charge in [0.15, 0.2) is 0 Å². The van der Waals surface area contributed by atoms with E-state index >= 15 is 0 Å². The van der Waals surface area contributed by atoms with E-state index in [1.165, 1.54) is 13.3 Å². The van der Waals surface area contributed by atoms with Gasteiger partial charge >= 0.3 is 0 Å². The number of carbonyl (C=O) groups excluding carboxylic acids is 1. The number of nitrogens with zero attached hydrogens (tertiary/aromatic N) is 1. The molecule has 0 saturated heterocycles. The van der Waals surface area contributed by atoms with Crippen LogP contribution in [0.2, 0.25) is 0 Å². The number of alkyl halides is 1. The summed E-state index contributed by atoms with van der Waals surface area (Å²) in [6.07, 6.45) is 3.88. The Bertz CT molecular complexity index is 381. The topological polar surface area (TPSA) is 60.5 Å². The zero-order chi connectivity index (χ0) is 13.4. The van der Waals surface area contributed by atoms with Crippen LogP contribution in [0.25, 0.3) is 0 Å². The second-order valence-electron chi connectivity index (χ2n) is 3.68. The molecule has 18 heavy (non-hydrogen) atoms. The van der Waals surface area contributed by atoms with E-state index < -0.39 is 0 Å². The lowest BCUT2D eigenvalue weighted by atomic mass is 10.2. The van der Waals surface area contributed by atoms with Crippen LogP contribution in [-0.4, -0.2) is 43.1 Å². The van der Waals surface area contributed by atoms with Crippen LogP contribution in [0.15, 0.2) is 18.5 Å². The standard InChI is InChI=1S/C12H17BrN2O3/c1-17-8-9(3-5-13)15-12(16)10-4-6-14-7-11(10)18-2/h4,6-7,9H,3,5,8H2,1-2H3,(H,15,16). The van der Waals surface area contributed by atoms with Gasteiger partial charge in [-0.25, -0.2) is 0 Å². The van der Waals surface area contributed by atoms with Crippen molar-refractivity contribution in [1.29, 1.82) is 0 Å². The van der Waals surface area contributed by atoms with Crippen LogP contribution >= 0.6 is 15.9 Å². The maximum Gasteiger partial charge on any atom is 0.255 e. The molecule has 1 N–H and O–H groups in total. The molecule has 1 heterocycles. The Morgan fingerprint density at radius 3 is 2.94 bits per heavy atom. The molecule has 0 fully saturated rings. The van der Waals surface area contributed by atoms with Crippen molar-refractivity contribution in [3.8, 4) is 5.75 Å². The lowest BCUT2D eigenvalue weighted by molar-refractivity contribution is 0.0892. The van der Waals surface area contributed by atoms with Crippen molar-refractivity contribution in [2.75, 3.05) is 26.2 Å². The van der Waals surface area contributed by atoms with Crippen molar-refractivity contribution in [2.24, 2.45) is 0 Å². The first-order valence-electron chi connectivity index (χ1n) is 5.56. The van der Waals surface area contributed by atoms with Crippen LogP contribution in [0, 0.1) is 0 Å². The molecule has 0 aliphatic rings. The lowest BCUT2D eigenvalue weighted by Crippen LogP contribution is -2.38. The van der Waals surface area contributed by atoms with Crippen LogP contribution in [-0.2, 0) is 4.74 Å². The van der Waals surface area contributed by atoms with E-state index in [2.05, 4.69) is 26.2 Å². The third-order valence-electron chi connectivity index (χ3n) is 2.41. The number of carbonyl (C=O) groups is 1. The third-order valence-corrected chi connectivity index (χ3v) is 2.87. The van der Waals surface area contributed by atoms with Crippen molar-refractivity contribution in [3.63, 3.8) is 0 Å². The summed E-state index contributed by atoms with van der Waals surface area (Å²) in [5.41, 5.74) is 0.475. The molecular weight excluding hydrogens is 300 g/mol. The molecule has 100 valence electrons. The summed E-state index contributed by atoms with van der Waals surface area (Å²) < 4.78 is 10.2. The summed E-state index contributed by atoms with van der Waals surface area (Å²) >= 11 is 3.35. The first-order chi connectivity index (χ1) is 8.72. The number of pyridine rings is 1. The SMILES string of the molecule is COCC(CCBr)NC(=O)c1ccncc1OC. The molecule has 0 spiro atoms. The van der Waals surface area contributed by atoms with E-state index in [4.69, 9.17) is 9.47 Å². The number of hydrogen-bond acceptors (Lipinski definition) is 4. The van der Waals surface area contributed by atoms with Gasteiger partial charge in [-0.2, -0.15) is 0 Å². The highest BCUT2D eigenvalue weighted by Gasteiger charge is 2.16. The van der Waals surface area contributed by atoms with Gasteiger partial charge in [0.1, 0.15) is 5.75 Å². The molecule has 5 nitrogen and oxygen atoms in total. The number of ether oxygens (including phenoxy) is 2. The first kappa shape index (κ1) is 14.9. The fraction of sp³-hybridized carbons (Fsp3) is 0.500. The second kappa shape index (κ2) is 8.05. The number of nitrogens with one attached hydrogen (secondary N) is 1. The molecule has 0 aliphatic heterocycles. The Morgan fingerprint density at radius 1 is 1.56 bits per heavy atom. The van der Waals surface area contributed by atoms with Crippen LogP contribution < -0.4 is 10.1 Å². The Balaban J connectivity index is 2.73. The highest BCUT2D eigenvalue weighted by molar-refractivity contribution is 9.09. The molecule has 1 amide bonds. The predicted molar refractivity (Wildman–Crippen MR) is 72.3 cm³/mol. The lowest BCUT2D eigenvalue weighted by Gasteiger charge is -2.17. The first-order valence-corrected chi connectivity index (χ1v) is 6.68. The Morgan fingerprint density at radius 2 is 2.33 bits per heavy atom. The molecule has 0 bridgehead atoms. The molecule has 0 radical (unpaired) electrons. The van der Waals surface area contributed by atoms with Gasteiger partial charge in [0.25, 0.3) is 5.91 Å². The maximum absolute atomic E-state index is 12.1. The monoisotopic (exact) mass is 316 g/mol. The van der Waals surface area contributed by atoms with Crippen LogP contribution in [0.3, 0.4) is 0 Å². The maximum atomic E-state index is 12.1. The number of aromatic nitrogens is 1. The minimum atomic E-state index is -0.183. The van der Waals surface area contributed by atoms with Crippen LogP contribution in [0.5, 0.6) is 5.75 Å². The predicted octanol–water partition coefficient (Wildman–Crippen LogP) is 1.62. The smallest absolute Gasteiger partial charge is 0.255 e. The van der Waals surface area contributed by atoms with Crippen molar-refractivity contribution in [2.45, 2.75) is 12.5 Å². The van der Waals surface area contributed by atoms with Gasteiger partial charge in [-0.15, -0.1) is 0 Å².